The van der Waals surface area contributed by atoms with Gasteiger partial charge in [-0.3, -0.25) is 9.59 Å². The lowest BCUT2D eigenvalue weighted by Gasteiger charge is -2.13. The largest absolute Gasteiger partial charge is 0.481 e. The number of hydrogen-bond donors (Lipinski definition) is 2. The van der Waals surface area contributed by atoms with Gasteiger partial charge in [0.25, 0.3) is 0 Å². The summed E-state index contributed by atoms with van der Waals surface area (Å²) in [4.78, 5) is 22.5. The summed E-state index contributed by atoms with van der Waals surface area (Å²) >= 11 is 0. The molecule has 0 radical (unpaired) electrons. The zero-order valence-corrected chi connectivity index (χ0v) is 11.3. The molecule has 4 heteroatoms. The lowest BCUT2D eigenvalue weighted by molar-refractivity contribution is -0.137. The molecular formula is C13H23NO3. The van der Waals surface area contributed by atoms with E-state index in [0.29, 0.717) is 6.42 Å². The van der Waals surface area contributed by atoms with Crippen LogP contribution in [0.2, 0.25) is 0 Å². The SMILES string of the molecule is CC(CCC(=O)O)NC(=O)C1C(C)(C)C1(C)C. The number of carboxylic acids is 1. The second-order valence-electron chi connectivity index (χ2n) is 6.22. The van der Waals surface area contributed by atoms with Gasteiger partial charge in [0.05, 0.1) is 0 Å². The molecule has 0 spiro atoms. The predicted octanol–water partition coefficient (Wildman–Crippen LogP) is 2.04. The van der Waals surface area contributed by atoms with Crippen LogP contribution >= 0.6 is 0 Å². The van der Waals surface area contributed by atoms with Gasteiger partial charge in [-0.05, 0) is 24.2 Å². The fraction of sp³-hybridized carbons (Fsp3) is 0.846. The molecule has 1 unspecified atom stereocenters. The Morgan fingerprint density at radius 2 is 1.71 bits per heavy atom. The van der Waals surface area contributed by atoms with Gasteiger partial charge < -0.3 is 10.4 Å². The first-order valence-corrected chi connectivity index (χ1v) is 6.13. The Balaban J connectivity index is 2.44. The van der Waals surface area contributed by atoms with Crippen molar-refractivity contribution in [2.75, 3.05) is 0 Å². The summed E-state index contributed by atoms with van der Waals surface area (Å²) in [5.74, 6) is -0.738. The molecule has 2 N–H and O–H groups in total. The second kappa shape index (κ2) is 4.31. The molecule has 0 aromatic rings. The van der Waals surface area contributed by atoms with E-state index >= 15 is 0 Å². The smallest absolute Gasteiger partial charge is 0.303 e. The van der Waals surface area contributed by atoms with E-state index in [1.165, 1.54) is 0 Å². The maximum Gasteiger partial charge on any atom is 0.303 e. The number of carbonyl (C=O) groups is 2. The number of carboxylic acid groups (broad SMARTS) is 1. The van der Waals surface area contributed by atoms with E-state index in [0.717, 1.165) is 0 Å². The third-order valence-electron chi connectivity index (χ3n) is 4.46. The lowest BCUT2D eigenvalue weighted by atomic mass is 10.0. The Morgan fingerprint density at radius 3 is 2.06 bits per heavy atom. The summed E-state index contributed by atoms with van der Waals surface area (Å²) in [5, 5.41) is 11.5. The van der Waals surface area contributed by atoms with Gasteiger partial charge in [-0.2, -0.15) is 0 Å². The zero-order chi connectivity index (χ0) is 13.4. The van der Waals surface area contributed by atoms with Crippen molar-refractivity contribution in [2.24, 2.45) is 16.7 Å². The van der Waals surface area contributed by atoms with Gasteiger partial charge in [-0.1, -0.05) is 27.7 Å². The van der Waals surface area contributed by atoms with Crippen LogP contribution < -0.4 is 5.32 Å². The Morgan fingerprint density at radius 1 is 1.24 bits per heavy atom. The van der Waals surface area contributed by atoms with Crippen LogP contribution in [0.1, 0.15) is 47.5 Å². The average Bonchev–Trinajstić information content (AvgIpc) is 2.54. The van der Waals surface area contributed by atoms with E-state index in [1.807, 2.05) is 6.92 Å². The predicted molar refractivity (Wildman–Crippen MR) is 65.5 cm³/mol. The average molecular weight is 241 g/mol. The van der Waals surface area contributed by atoms with E-state index in [1.54, 1.807) is 0 Å². The molecule has 1 saturated carbocycles. The highest BCUT2D eigenvalue weighted by Crippen LogP contribution is 2.68. The molecule has 0 bridgehead atoms. The highest BCUT2D eigenvalue weighted by Gasteiger charge is 2.68. The number of carbonyl (C=O) groups excluding carboxylic acids is 1. The van der Waals surface area contributed by atoms with E-state index in [4.69, 9.17) is 5.11 Å². The Bertz CT molecular complexity index is 320. The van der Waals surface area contributed by atoms with Gasteiger partial charge in [-0.25, -0.2) is 0 Å². The standard InChI is InChI=1S/C13H23NO3/c1-8(6-7-9(15)16)14-11(17)10-12(2,3)13(10,4)5/h8,10H,6-7H2,1-5H3,(H,14,17)(H,15,16). The zero-order valence-electron chi connectivity index (χ0n) is 11.3. The fourth-order valence-electron chi connectivity index (χ4n) is 2.59. The highest BCUT2D eigenvalue weighted by atomic mass is 16.4. The van der Waals surface area contributed by atoms with Gasteiger partial charge in [-0.15, -0.1) is 0 Å². The van der Waals surface area contributed by atoms with Crippen LogP contribution in [0.25, 0.3) is 0 Å². The lowest BCUT2D eigenvalue weighted by Crippen LogP contribution is -2.35. The fourth-order valence-corrected chi connectivity index (χ4v) is 2.59. The molecular weight excluding hydrogens is 218 g/mol. The molecule has 1 atom stereocenters. The summed E-state index contributed by atoms with van der Waals surface area (Å²) in [5.41, 5.74) is 0.0627. The molecule has 0 heterocycles. The van der Waals surface area contributed by atoms with Crippen LogP contribution in [0.4, 0.5) is 0 Å². The van der Waals surface area contributed by atoms with Gasteiger partial charge in [0, 0.05) is 18.4 Å². The maximum atomic E-state index is 12.0. The summed E-state index contributed by atoms with van der Waals surface area (Å²) < 4.78 is 0. The Kier molecular flexibility index (Phi) is 3.55. The van der Waals surface area contributed by atoms with Gasteiger partial charge >= 0.3 is 5.97 Å². The van der Waals surface area contributed by atoms with Crippen molar-refractivity contribution in [1.29, 1.82) is 0 Å². The number of rotatable bonds is 5. The number of hydrogen-bond acceptors (Lipinski definition) is 2. The number of aliphatic carboxylic acids is 1. The first-order chi connectivity index (χ1) is 7.60. The summed E-state index contributed by atoms with van der Waals surface area (Å²) in [6.07, 6.45) is 0.577. The van der Waals surface area contributed by atoms with Crippen molar-refractivity contribution < 1.29 is 14.7 Å². The third-order valence-corrected chi connectivity index (χ3v) is 4.46. The summed E-state index contributed by atoms with van der Waals surface area (Å²) in [6, 6.07) is -0.0780. The molecule has 98 valence electrons. The van der Waals surface area contributed by atoms with Crippen LogP contribution in [-0.2, 0) is 9.59 Å². The van der Waals surface area contributed by atoms with E-state index in [9.17, 15) is 9.59 Å². The van der Waals surface area contributed by atoms with Crippen LogP contribution in [0, 0.1) is 16.7 Å². The minimum atomic E-state index is -0.821. The second-order valence-corrected chi connectivity index (χ2v) is 6.22. The highest BCUT2D eigenvalue weighted by molar-refractivity contribution is 5.84. The van der Waals surface area contributed by atoms with E-state index in [2.05, 4.69) is 33.0 Å². The van der Waals surface area contributed by atoms with Crippen molar-refractivity contribution in [3.63, 3.8) is 0 Å². The van der Waals surface area contributed by atoms with Crippen LogP contribution in [-0.4, -0.2) is 23.0 Å². The van der Waals surface area contributed by atoms with Crippen molar-refractivity contribution in [3.8, 4) is 0 Å². The third kappa shape index (κ3) is 2.61. The molecule has 1 amide bonds. The Hall–Kier alpha value is -1.06. The van der Waals surface area contributed by atoms with E-state index in [-0.39, 0.29) is 35.1 Å². The molecule has 0 aromatic carbocycles. The molecule has 0 aliphatic heterocycles. The molecule has 1 aliphatic rings. The first-order valence-electron chi connectivity index (χ1n) is 6.13. The molecule has 17 heavy (non-hydrogen) atoms. The van der Waals surface area contributed by atoms with Gasteiger partial charge in [0.1, 0.15) is 0 Å². The molecule has 1 rings (SSSR count). The number of amides is 1. The maximum absolute atomic E-state index is 12.0. The number of nitrogens with one attached hydrogen (secondary N) is 1. The molecule has 0 aromatic heterocycles. The quantitative estimate of drug-likeness (QED) is 0.774. The summed E-state index contributed by atoms with van der Waals surface area (Å²) in [6.45, 7) is 10.2. The van der Waals surface area contributed by atoms with Crippen LogP contribution in [0.15, 0.2) is 0 Å². The normalized spacial score (nSPS) is 22.9. The monoisotopic (exact) mass is 241 g/mol. The Labute approximate surface area is 103 Å². The minimum absolute atomic E-state index is 0.0299. The molecule has 1 aliphatic carbocycles. The van der Waals surface area contributed by atoms with E-state index < -0.39 is 5.97 Å². The first kappa shape index (κ1) is 14.0. The van der Waals surface area contributed by atoms with Crippen molar-refractivity contribution in [3.05, 3.63) is 0 Å². The molecule has 1 fully saturated rings. The van der Waals surface area contributed by atoms with Gasteiger partial charge in [0.2, 0.25) is 5.91 Å². The van der Waals surface area contributed by atoms with Crippen molar-refractivity contribution in [1.82, 2.24) is 5.32 Å². The van der Waals surface area contributed by atoms with Crippen LogP contribution in [0.3, 0.4) is 0 Å². The molecule has 4 nitrogen and oxygen atoms in total. The minimum Gasteiger partial charge on any atom is -0.481 e. The van der Waals surface area contributed by atoms with Crippen molar-refractivity contribution >= 4 is 11.9 Å². The molecule has 0 saturated heterocycles. The summed E-state index contributed by atoms with van der Waals surface area (Å²) in [7, 11) is 0. The van der Waals surface area contributed by atoms with Crippen LogP contribution in [0.5, 0.6) is 0 Å². The topological polar surface area (TPSA) is 66.4 Å². The van der Waals surface area contributed by atoms with Crippen molar-refractivity contribution in [2.45, 2.75) is 53.5 Å². The van der Waals surface area contributed by atoms with Gasteiger partial charge in [0.15, 0.2) is 0 Å².